The Hall–Kier alpha value is -2.85. The van der Waals surface area contributed by atoms with Gasteiger partial charge in [-0.15, -0.1) is 0 Å². The number of urea groups is 1. The molecule has 2 aliphatic carbocycles. The van der Waals surface area contributed by atoms with E-state index in [4.69, 9.17) is 9.47 Å². The Morgan fingerprint density at radius 1 is 0.667 bits per heavy atom. The molecule has 0 spiro atoms. The molecule has 3 heterocycles. The van der Waals surface area contributed by atoms with E-state index in [0.717, 1.165) is 62.2 Å². The summed E-state index contributed by atoms with van der Waals surface area (Å²) in [5, 5.41) is 0. The van der Waals surface area contributed by atoms with Gasteiger partial charge >= 0.3 is 18.1 Å². The first-order valence-corrected chi connectivity index (χ1v) is 20.5. The number of β-lactam (4-membered cyclic amide) rings is 1. The zero-order valence-corrected chi connectivity index (χ0v) is 31.9. The van der Waals surface area contributed by atoms with Crippen molar-refractivity contribution in [3.8, 4) is 0 Å². The maximum atomic E-state index is 13.8. The lowest BCUT2D eigenvalue weighted by atomic mass is 9.80. The minimum Gasteiger partial charge on any atom is -0.464 e. The van der Waals surface area contributed by atoms with Crippen molar-refractivity contribution in [2.45, 2.75) is 154 Å². The van der Waals surface area contributed by atoms with Crippen LogP contribution in [0.5, 0.6) is 0 Å². The second-order valence-corrected chi connectivity index (χ2v) is 17.2. The van der Waals surface area contributed by atoms with Gasteiger partial charge in [-0.25, -0.2) is 19.3 Å². The number of piperidine rings is 1. The van der Waals surface area contributed by atoms with Crippen molar-refractivity contribution in [3.63, 3.8) is 0 Å². The molecular formula is C40H66N4O7. The Morgan fingerprint density at radius 3 is 1.96 bits per heavy atom. The molecule has 288 valence electrons. The number of hydrogen-bond donors (Lipinski definition) is 0. The van der Waals surface area contributed by atoms with Gasteiger partial charge < -0.3 is 24.2 Å². The number of piperazine rings is 1. The number of ether oxygens (including phenoxy) is 2. The lowest BCUT2D eigenvalue weighted by molar-refractivity contribution is -0.172. The molecule has 0 radical (unpaired) electrons. The molecule has 11 nitrogen and oxygen atoms in total. The van der Waals surface area contributed by atoms with Crippen LogP contribution in [0, 0.1) is 23.7 Å². The van der Waals surface area contributed by atoms with Gasteiger partial charge in [-0.3, -0.25) is 9.59 Å². The van der Waals surface area contributed by atoms with Crippen molar-refractivity contribution >= 4 is 29.9 Å². The number of unbranched alkanes of at least 4 members (excludes halogenated alkanes) is 2. The highest BCUT2D eigenvalue weighted by atomic mass is 16.6. The number of imide groups is 1. The molecule has 0 aromatic heterocycles. The van der Waals surface area contributed by atoms with Crippen molar-refractivity contribution in [2.24, 2.45) is 23.7 Å². The fourth-order valence-electron chi connectivity index (χ4n) is 8.98. The third kappa shape index (κ3) is 11.3. The van der Waals surface area contributed by atoms with Crippen molar-refractivity contribution in [1.29, 1.82) is 0 Å². The van der Waals surface area contributed by atoms with Gasteiger partial charge in [0.25, 0.3) is 0 Å². The fraction of sp³-hybridized carbons (Fsp3) is 0.875. The summed E-state index contributed by atoms with van der Waals surface area (Å²) < 4.78 is 11.4. The highest BCUT2D eigenvalue weighted by Crippen LogP contribution is 2.36. The maximum Gasteiger partial charge on any atom is 0.410 e. The van der Waals surface area contributed by atoms with E-state index in [9.17, 15) is 24.0 Å². The number of carbonyl (C=O) groups is 5. The van der Waals surface area contributed by atoms with E-state index < -0.39 is 29.6 Å². The summed E-state index contributed by atoms with van der Waals surface area (Å²) in [6.45, 7) is 8.64. The Morgan fingerprint density at radius 2 is 1.29 bits per heavy atom. The summed E-state index contributed by atoms with van der Waals surface area (Å²) in [5.41, 5.74) is -0.570. The zero-order valence-electron chi connectivity index (χ0n) is 31.9. The number of carbonyl (C=O) groups excluding carboxylic acids is 5. The van der Waals surface area contributed by atoms with Crippen molar-refractivity contribution in [2.75, 3.05) is 45.9 Å². The second-order valence-electron chi connectivity index (χ2n) is 17.2. The number of amides is 5. The summed E-state index contributed by atoms with van der Waals surface area (Å²) in [4.78, 5) is 73.1. The van der Waals surface area contributed by atoms with E-state index in [0.29, 0.717) is 71.1 Å². The smallest absolute Gasteiger partial charge is 0.410 e. The molecule has 3 saturated heterocycles. The minimum absolute atomic E-state index is 0.136. The normalized spacial score (nSPS) is 25.4. The fourth-order valence-corrected chi connectivity index (χ4v) is 8.98. The van der Waals surface area contributed by atoms with Gasteiger partial charge in [-0.05, 0) is 83.5 Å². The Labute approximate surface area is 306 Å². The van der Waals surface area contributed by atoms with Crippen molar-refractivity contribution in [3.05, 3.63) is 0 Å². The van der Waals surface area contributed by atoms with E-state index >= 15 is 0 Å². The van der Waals surface area contributed by atoms with Crippen LogP contribution in [0.2, 0.25) is 0 Å². The summed E-state index contributed by atoms with van der Waals surface area (Å²) in [5.74, 6) is 0.0826. The lowest BCUT2D eigenvalue weighted by Gasteiger charge is -2.47. The summed E-state index contributed by atoms with van der Waals surface area (Å²) in [6.07, 6.45) is 20.0. The maximum absolute atomic E-state index is 13.8. The van der Waals surface area contributed by atoms with Crippen LogP contribution in [0.1, 0.15) is 143 Å². The van der Waals surface area contributed by atoms with Crippen LogP contribution in [0.4, 0.5) is 9.59 Å². The Kier molecular flexibility index (Phi) is 14.5. The topological polar surface area (TPSA) is 117 Å². The molecule has 3 aliphatic heterocycles. The molecule has 5 fully saturated rings. The van der Waals surface area contributed by atoms with Crippen molar-refractivity contribution < 1.29 is 33.4 Å². The van der Waals surface area contributed by atoms with E-state index in [2.05, 4.69) is 0 Å². The quantitative estimate of drug-likeness (QED) is 0.120. The molecule has 5 amide bonds. The number of hydrogen-bond acceptors (Lipinski definition) is 7. The molecule has 0 aromatic rings. The van der Waals surface area contributed by atoms with Crippen LogP contribution in [-0.2, 0) is 23.9 Å². The lowest BCUT2D eigenvalue weighted by Crippen LogP contribution is -2.69. The molecule has 0 aromatic carbocycles. The van der Waals surface area contributed by atoms with E-state index in [-0.39, 0.29) is 23.8 Å². The number of esters is 1. The Bertz CT molecular complexity index is 1180. The van der Waals surface area contributed by atoms with Gasteiger partial charge in [-0.1, -0.05) is 70.6 Å². The molecule has 2 unspecified atom stereocenters. The molecule has 2 saturated carbocycles. The van der Waals surface area contributed by atoms with Crippen LogP contribution in [0.25, 0.3) is 0 Å². The number of nitrogens with zero attached hydrogens (tertiary/aromatic N) is 4. The first-order valence-electron chi connectivity index (χ1n) is 20.5. The molecule has 51 heavy (non-hydrogen) atoms. The molecule has 0 N–H and O–H groups in total. The highest BCUT2D eigenvalue weighted by molar-refractivity contribution is 6.07. The van der Waals surface area contributed by atoms with Gasteiger partial charge in [0, 0.05) is 45.7 Å². The van der Waals surface area contributed by atoms with Gasteiger partial charge in [-0.2, -0.15) is 0 Å². The second kappa shape index (κ2) is 18.8. The molecule has 0 bridgehead atoms. The predicted molar refractivity (Wildman–Crippen MR) is 195 cm³/mol. The molecule has 5 rings (SSSR count). The molecule has 5 aliphatic rings. The number of rotatable bonds is 12. The van der Waals surface area contributed by atoms with Crippen LogP contribution in [0.15, 0.2) is 0 Å². The van der Waals surface area contributed by atoms with E-state index in [1.807, 2.05) is 25.7 Å². The SMILES string of the molecule is CC(C)(C)OC(=O)N1CCCC(CC[C@H]2C(=O)N(C(=O)N3CCN(C(=O)CCCCCC4CCCCC4)CC3)C2C(=O)OCC2CCCCC2)C1. The zero-order chi connectivity index (χ0) is 36.4. The third-order valence-electron chi connectivity index (χ3n) is 12.0. The highest BCUT2D eigenvalue weighted by Gasteiger charge is 2.56. The van der Waals surface area contributed by atoms with Crippen molar-refractivity contribution in [1.82, 2.24) is 19.6 Å². The monoisotopic (exact) mass is 714 g/mol. The minimum atomic E-state index is -0.938. The largest absolute Gasteiger partial charge is 0.464 e. The first kappa shape index (κ1) is 39.4. The Balaban J connectivity index is 1.11. The average Bonchev–Trinajstić information content (AvgIpc) is 3.13. The standard InChI is InChI=1S/C40H66N4O7/c1-40(2,3)51-39(49)43-23-13-19-31(28-43)21-22-33-35(37(47)50-29-32-17-10-5-11-18-32)44(36(33)46)38(48)42-26-24-41(25-27-42)34(45)20-12-6-9-16-30-14-7-4-8-15-30/h30-33,35H,4-29H2,1-3H3/t31?,33-,35?/m1/s1. The molecule has 3 atom stereocenters. The van der Waals surface area contributed by atoms with Crippen LogP contribution < -0.4 is 0 Å². The van der Waals surface area contributed by atoms with E-state index in [1.54, 1.807) is 9.80 Å². The van der Waals surface area contributed by atoms with Crippen LogP contribution in [0.3, 0.4) is 0 Å². The third-order valence-corrected chi connectivity index (χ3v) is 12.0. The van der Waals surface area contributed by atoms with E-state index in [1.165, 1.54) is 51.4 Å². The van der Waals surface area contributed by atoms with Gasteiger partial charge in [0.05, 0.1) is 12.5 Å². The first-order chi connectivity index (χ1) is 24.5. The van der Waals surface area contributed by atoms with Crippen LogP contribution >= 0.6 is 0 Å². The van der Waals surface area contributed by atoms with Crippen LogP contribution in [-0.4, -0.2) is 107 Å². The predicted octanol–water partition coefficient (Wildman–Crippen LogP) is 7.16. The summed E-state index contributed by atoms with van der Waals surface area (Å²) in [6, 6.07) is -1.40. The van der Waals surface area contributed by atoms with Gasteiger partial charge in [0.15, 0.2) is 6.04 Å². The van der Waals surface area contributed by atoms with Gasteiger partial charge in [0.2, 0.25) is 11.8 Å². The number of likely N-dealkylation sites (tertiary alicyclic amines) is 2. The molecular weight excluding hydrogens is 648 g/mol. The summed E-state index contributed by atoms with van der Waals surface area (Å²) >= 11 is 0. The summed E-state index contributed by atoms with van der Waals surface area (Å²) in [7, 11) is 0. The molecule has 11 heteroatoms. The average molecular weight is 715 g/mol. The van der Waals surface area contributed by atoms with Gasteiger partial charge in [0.1, 0.15) is 5.60 Å².